The van der Waals surface area contributed by atoms with Crippen LogP contribution in [-0.4, -0.2) is 18.1 Å². The fourth-order valence-electron chi connectivity index (χ4n) is 1.32. The van der Waals surface area contributed by atoms with Gasteiger partial charge < -0.3 is 15.8 Å². The Hall–Kier alpha value is -1.78. The normalized spacial score (nSPS) is 13.8. The number of benzene rings is 1. The van der Waals surface area contributed by atoms with Crippen LogP contribution in [0.3, 0.4) is 0 Å². The van der Waals surface area contributed by atoms with Gasteiger partial charge in [0.15, 0.2) is 17.7 Å². The van der Waals surface area contributed by atoms with Gasteiger partial charge >= 0.3 is 0 Å². The van der Waals surface area contributed by atoms with Crippen LogP contribution < -0.4 is 15.8 Å². The molecule has 1 rings (SSSR count). The first-order valence-corrected chi connectivity index (χ1v) is 5.96. The number of nitrogens with two attached hydrogens (primary N) is 1. The Morgan fingerprint density at radius 3 is 2.72 bits per heavy atom. The average molecular weight is 254 g/mol. The molecule has 0 aliphatic carbocycles. The summed E-state index contributed by atoms with van der Waals surface area (Å²) < 4.78 is 18.7. The third kappa shape index (κ3) is 3.91. The van der Waals surface area contributed by atoms with Gasteiger partial charge in [-0.1, -0.05) is 6.92 Å². The minimum absolute atomic E-state index is 0.0241. The van der Waals surface area contributed by atoms with Gasteiger partial charge in [0.25, 0.3) is 5.91 Å². The molecule has 0 saturated carbocycles. The van der Waals surface area contributed by atoms with Crippen molar-refractivity contribution < 1.29 is 13.9 Å². The van der Waals surface area contributed by atoms with Gasteiger partial charge in [-0.05, 0) is 32.4 Å². The Kier molecular flexibility index (Phi) is 4.95. The number of rotatable bonds is 5. The second-order valence-electron chi connectivity index (χ2n) is 4.27. The van der Waals surface area contributed by atoms with E-state index in [-0.39, 0.29) is 17.7 Å². The van der Waals surface area contributed by atoms with Crippen molar-refractivity contribution in [3.8, 4) is 5.75 Å². The van der Waals surface area contributed by atoms with Crippen molar-refractivity contribution in [2.45, 2.75) is 39.3 Å². The number of anilines is 1. The van der Waals surface area contributed by atoms with Crippen molar-refractivity contribution in [2.75, 3.05) is 5.73 Å². The number of ether oxygens (including phenoxy) is 1. The molecule has 0 spiro atoms. The number of halogens is 1. The molecule has 2 atom stereocenters. The fraction of sp³-hybridized carbons (Fsp3) is 0.462. The number of nitrogen functional groups attached to an aromatic ring is 1. The molecule has 5 heteroatoms. The zero-order chi connectivity index (χ0) is 13.7. The summed E-state index contributed by atoms with van der Waals surface area (Å²) >= 11 is 0. The van der Waals surface area contributed by atoms with E-state index in [1.807, 2.05) is 13.8 Å². The molecule has 2 unspecified atom stereocenters. The van der Waals surface area contributed by atoms with Crippen LogP contribution >= 0.6 is 0 Å². The largest absolute Gasteiger partial charge is 0.478 e. The van der Waals surface area contributed by atoms with E-state index in [4.69, 9.17) is 10.5 Å². The number of carbonyl (C=O) groups excluding carboxylic acids is 1. The molecule has 18 heavy (non-hydrogen) atoms. The molecule has 0 aromatic heterocycles. The van der Waals surface area contributed by atoms with E-state index < -0.39 is 11.9 Å². The first kappa shape index (κ1) is 14.3. The van der Waals surface area contributed by atoms with Crippen LogP contribution in [-0.2, 0) is 4.79 Å². The topological polar surface area (TPSA) is 64.3 Å². The third-order valence-electron chi connectivity index (χ3n) is 2.63. The summed E-state index contributed by atoms with van der Waals surface area (Å²) in [7, 11) is 0. The Morgan fingerprint density at radius 1 is 1.50 bits per heavy atom. The minimum atomic E-state index is -0.753. The molecule has 1 aromatic carbocycles. The summed E-state index contributed by atoms with van der Waals surface area (Å²) in [6.07, 6.45) is 0.0754. The minimum Gasteiger partial charge on any atom is -0.478 e. The molecule has 0 aliphatic heterocycles. The van der Waals surface area contributed by atoms with Crippen molar-refractivity contribution in [1.29, 1.82) is 0 Å². The van der Waals surface area contributed by atoms with Gasteiger partial charge in [-0.2, -0.15) is 0 Å². The molecule has 1 aromatic rings. The summed E-state index contributed by atoms with van der Waals surface area (Å²) in [6.45, 7) is 5.44. The molecule has 4 nitrogen and oxygen atoms in total. The Morgan fingerprint density at radius 2 is 2.17 bits per heavy atom. The van der Waals surface area contributed by atoms with Crippen LogP contribution in [0, 0.1) is 5.82 Å². The van der Waals surface area contributed by atoms with Gasteiger partial charge in [0.05, 0.1) is 0 Å². The molecule has 0 saturated heterocycles. The monoisotopic (exact) mass is 254 g/mol. The number of hydrogen-bond donors (Lipinski definition) is 2. The molecular formula is C13H19FN2O2. The second kappa shape index (κ2) is 6.23. The number of hydrogen-bond acceptors (Lipinski definition) is 3. The lowest BCUT2D eigenvalue weighted by molar-refractivity contribution is -0.127. The predicted octanol–water partition coefficient (Wildman–Crippen LogP) is 2.09. The molecule has 0 fully saturated rings. The van der Waals surface area contributed by atoms with Gasteiger partial charge in [0.1, 0.15) is 0 Å². The van der Waals surface area contributed by atoms with Crippen LogP contribution in [0.15, 0.2) is 18.2 Å². The Labute approximate surface area is 106 Å². The molecule has 3 N–H and O–H groups in total. The molecular weight excluding hydrogens is 235 g/mol. The lowest BCUT2D eigenvalue weighted by Crippen LogP contribution is -2.41. The van der Waals surface area contributed by atoms with E-state index in [2.05, 4.69) is 5.32 Å². The SMILES string of the molecule is CCC(C)NC(=O)C(C)Oc1ccc(N)cc1F. The van der Waals surface area contributed by atoms with E-state index >= 15 is 0 Å². The van der Waals surface area contributed by atoms with E-state index in [1.54, 1.807) is 6.92 Å². The summed E-state index contributed by atoms with van der Waals surface area (Å²) in [5.41, 5.74) is 5.74. The Balaban J connectivity index is 2.63. The highest BCUT2D eigenvalue weighted by Crippen LogP contribution is 2.20. The maximum absolute atomic E-state index is 13.5. The Bertz CT molecular complexity index is 423. The van der Waals surface area contributed by atoms with Crippen LogP contribution in [0.2, 0.25) is 0 Å². The van der Waals surface area contributed by atoms with Crippen LogP contribution in [0.4, 0.5) is 10.1 Å². The summed E-state index contributed by atoms with van der Waals surface area (Å²) in [4.78, 5) is 11.7. The van der Waals surface area contributed by atoms with Crippen molar-refractivity contribution in [1.82, 2.24) is 5.32 Å². The fourth-order valence-corrected chi connectivity index (χ4v) is 1.32. The maximum Gasteiger partial charge on any atom is 0.260 e. The van der Waals surface area contributed by atoms with E-state index in [9.17, 15) is 9.18 Å². The van der Waals surface area contributed by atoms with Gasteiger partial charge in [0, 0.05) is 17.8 Å². The molecule has 0 bridgehead atoms. The second-order valence-corrected chi connectivity index (χ2v) is 4.27. The lowest BCUT2D eigenvalue weighted by atomic mass is 10.2. The van der Waals surface area contributed by atoms with Crippen molar-refractivity contribution in [2.24, 2.45) is 0 Å². The number of carbonyl (C=O) groups is 1. The number of amides is 1. The highest BCUT2D eigenvalue weighted by molar-refractivity contribution is 5.80. The standard InChI is InChI=1S/C13H19FN2O2/c1-4-8(2)16-13(17)9(3)18-12-6-5-10(15)7-11(12)14/h5-9H,4,15H2,1-3H3,(H,16,17). The van der Waals surface area contributed by atoms with Crippen LogP contribution in [0.25, 0.3) is 0 Å². The van der Waals surface area contributed by atoms with Crippen LogP contribution in [0.1, 0.15) is 27.2 Å². The highest BCUT2D eigenvalue weighted by Gasteiger charge is 2.17. The van der Waals surface area contributed by atoms with Crippen molar-refractivity contribution >= 4 is 11.6 Å². The van der Waals surface area contributed by atoms with Gasteiger partial charge in [-0.3, -0.25) is 4.79 Å². The first-order valence-electron chi connectivity index (χ1n) is 5.96. The predicted molar refractivity (Wildman–Crippen MR) is 68.8 cm³/mol. The highest BCUT2D eigenvalue weighted by atomic mass is 19.1. The van der Waals surface area contributed by atoms with Gasteiger partial charge in [-0.25, -0.2) is 4.39 Å². The summed E-state index contributed by atoms with van der Waals surface area (Å²) in [6, 6.07) is 4.17. The van der Waals surface area contributed by atoms with E-state index in [1.165, 1.54) is 12.1 Å². The molecule has 0 aliphatic rings. The van der Waals surface area contributed by atoms with Crippen molar-refractivity contribution in [3.05, 3.63) is 24.0 Å². The van der Waals surface area contributed by atoms with Crippen LogP contribution in [0.5, 0.6) is 5.75 Å². The molecule has 100 valence electrons. The molecule has 1 amide bonds. The molecule has 0 radical (unpaired) electrons. The zero-order valence-electron chi connectivity index (χ0n) is 10.9. The average Bonchev–Trinajstić information content (AvgIpc) is 2.32. The lowest BCUT2D eigenvalue weighted by Gasteiger charge is -2.18. The smallest absolute Gasteiger partial charge is 0.260 e. The summed E-state index contributed by atoms with van der Waals surface area (Å²) in [5, 5.41) is 2.77. The maximum atomic E-state index is 13.5. The van der Waals surface area contributed by atoms with Gasteiger partial charge in [0.2, 0.25) is 0 Å². The zero-order valence-corrected chi connectivity index (χ0v) is 10.9. The number of nitrogens with one attached hydrogen (secondary N) is 1. The van der Waals surface area contributed by atoms with E-state index in [0.29, 0.717) is 5.69 Å². The van der Waals surface area contributed by atoms with Gasteiger partial charge in [-0.15, -0.1) is 0 Å². The quantitative estimate of drug-likeness (QED) is 0.791. The third-order valence-corrected chi connectivity index (χ3v) is 2.63. The van der Waals surface area contributed by atoms with E-state index in [0.717, 1.165) is 12.5 Å². The summed E-state index contributed by atoms with van der Waals surface area (Å²) in [5.74, 6) is -0.810. The first-order chi connectivity index (χ1) is 8.43. The molecule has 0 heterocycles. The van der Waals surface area contributed by atoms with Crippen molar-refractivity contribution in [3.63, 3.8) is 0 Å².